The van der Waals surface area contributed by atoms with Crippen molar-refractivity contribution in [1.29, 1.82) is 0 Å². The predicted molar refractivity (Wildman–Crippen MR) is 106 cm³/mol. The first-order valence-electron chi connectivity index (χ1n) is 9.04. The van der Waals surface area contributed by atoms with Gasteiger partial charge in [-0.05, 0) is 36.2 Å². The summed E-state index contributed by atoms with van der Waals surface area (Å²) in [6, 6.07) is 7.79. The molecule has 1 aliphatic heterocycles. The number of nitrogens with zero attached hydrogens (tertiary/aromatic N) is 2. The molecule has 0 atom stereocenters. The SMILES string of the molecule is CCCCCCCCCOc1ccc(C=NN=C2NC(=O)CS2)cc1. The van der Waals surface area contributed by atoms with Gasteiger partial charge >= 0.3 is 0 Å². The van der Waals surface area contributed by atoms with Crippen LogP contribution in [0.15, 0.2) is 34.5 Å². The van der Waals surface area contributed by atoms with Crippen LogP contribution in [-0.2, 0) is 4.79 Å². The van der Waals surface area contributed by atoms with Gasteiger partial charge in [0.15, 0.2) is 5.17 Å². The highest BCUT2D eigenvalue weighted by atomic mass is 32.2. The van der Waals surface area contributed by atoms with E-state index in [-0.39, 0.29) is 5.91 Å². The van der Waals surface area contributed by atoms with Crippen molar-refractivity contribution in [2.45, 2.75) is 51.9 Å². The van der Waals surface area contributed by atoms with E-state index in [4.69, 9.17) is 4.74 Å². The van der Waals surface area contributed by atoms with Crippen LogP contribution in [0.2, 0.25) is 0 Å². The van der Waals surface area contributed by atoms with Crippen LogP contribution in [0.1, 0.15) is 57.4 Å². The second kappa shape index (κ2) is 11.7. The van der Waals surface area contributed by atoms with E-state index >= 15 is 0 Å². The molecule has 1 aromatic rings. The Hall–Kier alpha value is -1.82. The summed E-state index contributed by atoms with van der Waals surface area (Å²) in [6.45, 7) is 3.01. The quantitative estimate of drug-likeness (QED) is 0.362. The number of carbonyl (C=O) groups is 1. The Balaban J connectivity index is 1.62. The third kappa shape index (κ3) is 8.20. The molecule has 0 spiro atoms. The van der Waals surface area contributed by atoms with Crippen molar-refractivity contribution in [3.05, 3.63) is 29.8 Å². The van der Waals surface area contributed by atoms with Crippen LogP contribution in [0.3, 0.4) is 0 Å². The largest absolute Gasteiger partial charge is 0.494 e. The molecule has 5 nitrogen and oxygen atoms in total. The Morgan fingerprint density at radius 1 is 1.12 bits per heavy atom. The van der Waals surface area contributed by atoms with Gasteiger partial charge in [0.05, 0.1) is 18.6 Å². The lowest BCUT2D eigenvalue weighted by atomic mass is 10.1. The molecule has 0 aliphatic carbocycles. The number of carbonyl (C=O) groups excluding carboxylic acids is 1. The Kier molecular flexibility index (Phi) is 9.12. The zero-order chi connectivity index (χ0) is 17.7. The van der Waals surface area contributed by atoms with Crippen molar-refractivity contribution >= 4 is 29.1 Å². The number of unbranched alkanes of at least 4 members (excludes halogenated alkanes) is 6. The average Bonchev–Trinajstić information content (AvgIpc) is 3.04. The van der Waals surface area contributed by atoms with Crippen molar-refractivity contribution in [2.24, 2.45) is 10.2 Å². The molecular weight excluding hydrogens is 334 g/mol. The number of amidine groups is 1. The van der Waals surface area contributed by atoms with Gasteiger partial charge < -0.3 is 10.1 Å². The van der Waals surface area contributed by atoms with Gasteiger partial charge in [0.2, 0.25) is 5.91 Å². The van der Waals surface area contributed by atoms with Gasteiger partial charge in [0.25, 0.3) is 0 Å². The van der Waals surface area contributed by atoms with Crippen molar-refractivity contribution in [3.8, 4) is 5.75 Å². The molecule has 6 heteroatoms. The third-order valence-electron chi connectivity index (χ3n) is 3.84. The summed E-state index contributed by atoms with van der Waals surface area (Å²) in [5.41, 5.74) is 0.946. The van der Waals surface area contributed by atoms with Crippen LogP contribution >= 0.6 is 11.8 Å². The Morgan fingerprint density at radius 2 is 1.84 bits per heavy atom. The van der Waals surface area contributed by atoms with Crippen LogP contribution in [0, 0.1) is 0 Å². The summed E-state index contributed by atoms with van der Waals surface area (Å²) in [6.07, 6.45) is 10.7. The van der Waals surface area contributed by atoms with E-state index in [0.29, 0.717) is 10.9 Å². The molecular formula is C19H27N3O2S. The number of benzene rings is 1. The molecule has 1 fully saturated rings. The van der Waals surface area contributed by atoms with Gasteiger partial charge in [-0.3, -0.25) is 4.79 Å². The van der Waals surface area contributed by atoms with Gasteiger partial charge in [0.1, 0.15) is 5.75 Å². The van der Waals surface area contributed by atoms with E-state index in [9.17, 15) is 4.79 Å². The molecule has 0 saturated carbocycles. The van der Waals surface area contributed by atoms with E-state index in [1.165, 1.54) is 50.3 Å². The Labute approximate surface area is 154 Å². The van der Waals surface area contributed by atoms with Crippen LogP contribution < -0.4 is 10.1 Å². The van der Waals surface area contributed by atoms with Gasteiger partial charge in [0, 0.05) is 0 Å². The fourth-order valence-corrected chi connectivity index (χ4v) is 3.06. The van der Waals surface area contributed by atoms with E-state index in [0.717, 1.165) is 24.3 Å². The van der Waals surface area contributed by atoms with Crippen LogP contribution in [0.4, 0.5) is 0 Å². The van der Waals surface area contributed by atoms with Crippen molar-refractivity contribution in [3.63, 3.8) is 0 Å². The summed E-state index contributed by atoms with van der Waals surface area (Å²) >= 11 is 1.36. The fraction of sp³-hybridized carbons (Fsp3) is 0.526. The topological polar surface area (TPSA) is 63.1 Å². The molecule has 0 radical (unpaired) electrons. The summed E-state index contributed by atoms with van der Waals surface area (Å²) in [5.74, 6) is 1.27. The second-order valence-corrected chi connectivity index (χ2v) is 6.99. The van der Waals surface area contributed by atoms with Crippen LogP contribution in [0.5, 0.6) is 5.75 Å². The number of nitrogens with one attached hydrogen (secondary N) is 1. The summed E-state index contributed by atoms with van der Waals surface area (Å²) < 4.78 is 5.76. The monoisotopic (exact) mass is 361 g/mol. The number of thioether (sulfide) groups is 1. The van der Waals surface area contributed by atoms with E-state index in [1.807, 2.05) is 24.3 Å². The van der Waals surface area contributed by atoms with E-state index in [2.05, 4.69) is 22.4 Å². The first kappa shape index (κ1) is 19.5. The highest BCUT2D eigenvalue weighted by molar-refractivity contribution is 8.15. The maximum absolute atomic E-state index is 11.0. The zero-order valence-electron chi connectivity index (χ0n) is 14.9. The summed E-state index contributed by atoms with van der Waals surface area (Å²) in [4.78, 5) is 11.0. The lowest BCUT2D eigenvalue weighted by Crippen LogP contribution is -2.19. The maximum Gasteiger partial charge on any atom is 0.236 e. The van der Waals surface area contributed by atoms with Crippen LogP contribution in [-0.4, -0.2) is 29.6 Å². The number of hydrogen-bond donors (Lipinski definition) is 1. The molecule has 1 aromatic carbocycles. The minimum atomic E-state index is -0.0265. The van der Waals surface area contributed by atoms with Crippen molar-refractivity contribution < 1.29 is 9.53 Å². The molecule has 1 saturated heterocycles. The highest BCUT2D eigenvalue weighted by Gasteiger charge is 2.15. The molecule has 1 amide bonds. The molecule has 136 valence electrons. The standard InChI is InChI=1S/C19H27N3O2S/c1-2-3-4-5-6-7-8-13-24-17-11-9-16(10-12-17)14-20-22-19-21-18(23)15-25-19/h9-12,14H,2-8,13,15H2,1H3,(H,21,22,23). The van der Waals surface area contributed by atoms with Gasteiger partial charge in [-0.2, -0.15) is 5.10 Å². The Morgan fingerprint density at radius 3 is 2.52 bits per heavy atom. The molecule has 25 heavy (non-hydrogen) atoms. The third-order valence-corrected chi connectivity index (χ3v) is 4.70. The first-order chi connectivity index (χ1) is 12.3. The molecule has 1 aliphatic rings. The van der Waals surface area contributed by atoms with Gasteiger partial charge in [-0.1, -0.05) is 57.2 Å². The van der Waals surface area contributed by atoms with Crippen LogP contribution in [0.25, 0.3) is 0 Å². The van der Waals surface area contributed by atoms with Crippen molar-refractivity contribution in [2.75, 3.05) is 12.4 Å². The normalized spacial score (nSPS) is 15.9. The van der Waals surface area contributed by atoms with E-state index < -0.39 is 0 Å². The smallest absolute Gasteiger partial charge is 0.236 e. The molecule has 1 N–H and O–H groups in total. The number of amides is 1. The maximum atomic E-state index is 11.0. The van der Waals surface area contributed by atoms with Crippen molar-refractivity contribution in [1.82, 2.24) is 5.32 Å². The molecule has 0 unspecified atom stereocenters. The minimum absolute atomic E-state index is 0.0265. The van der Waals surface area contributed by atoms with Gasteiger partial charge in [-0.25, -0.2) is 0 Å². The first-order valence-corrected chi connectivity index (χ1v) is 10.0. The fourth-order valence-electron chi connectivity index (χ4n) is 2.43. The molecule has 1 heterocycles. The lowest BCUT2D eigenvalue weighted by molar-refractivity contribution is -0.116. The van der Waals surface area contributed by atoms with Gasteiger partial charge in [-0.15, -0.1) is 5.10 Å². The zero-order valence-corrected chi connectivity index (χ0v) is 15.7. The summed E-state index contributed by atoms with van der Waals surface area (Å²) in [5, 5.41) is 11.2. The van der Waals surface area contributed by atoms with E-state index in [1.54, 1.807) is 6.21 Å². The molecule has 2 rings (SSSR count). The number of rotatable bonds is 11. The average molecular weight is 362 g/mol. The molecule has 0 aromatic heterocycles. The number of ether oxygens (including phenoxy) is 1. The minimum Gasteiger partial charge on any atom is -0.494 e. The second-order valence-electron chi connectivity index (χ2n) is 6.03. The number of hydrogen-bond acceptors (Lipinski definition) is 5. The lowest BCUT2D eigenvalue weighted by Gasteiger charge is -2.06. The highest BCUT2D eigenvalue weighted by Crippen LogP contribution is 2.13. The summed E-state index contributed by atoms with van der Waals surface area (Å²) in [7, 11) is 0. The predicted octanol–water partition coefficient (Wildman–Crippen LogP) is 4.37. The molecule has 0 bridgehead atoms. The Bertz CT molecular complexity index is 585.